The van der Waals surface area contributed by atoms with Crippen LogP contribution in [0, 0.1) is 0 Å². The van der Waals surface area contributed by atoms with Gasteiger partial charge < -0.3 is 14.9 Å². The normalized spacial score (nSPS) is 13.9. The van der Waals surface area contributed by atoms with Crippen LogP contribution in [0.5, 0.6) is 0 Å². The van der Waals surface area contributed by atoms with Gasteiger partial charge in [0.05, 0.1) is 6.10 Å². The van der Waals surface area contributed by atoms with E-state index in [1.54, 1.807) is 6.20 Å². The minimum atomic E-state index is -0.554. The summed E-state index contributed by atoms with van der Waals surface area (Å²) in [5.74, 6) is 0.892. The third kappa shape index (κ3) is 2.96. The molecule has 17 heavy (non-hydrogen) atoms. The van der Waals surface area contributed by atoms with Crippen LogP contribution in [0.25, 0.3) is 0 Å². The number of pyridine rings is 1. The van der Waals surface area contributed by atoms with E-state index in [9.17, 15) is 5.11 Å². The summed E-state index contributed by atoms with van der Waals surface area (Å²) in [5, 5.41) is 10.4. The second kappa shape index (κ2) is 5.02. The minimum absolute atomic E-state index is 0.318. The van der Waals surface area contributed by atoms with Crippen LogP contribution in [0.3, 0.4) is 0 Å². The number of aliphatic hydroxyl groups is 1. The molecule has 0 radical (unpaired) electrons. The molecule has 96 valence electrons. The molecule has 0 aliphatic heterocycles. The van der Waals surface area contributed by atoms with Gasteiger partial charge in [-0.15, -0.1) is 0 Å². The second-order valence-corrected chi connectivity index (χ2v) is 5.29. The summed E-state index contributed by atoms with van der Waals surface area (Å²) in [5.41, 5.74) is 0.524. The standard InChI is InChI=1S/C13H23N3O/c1-13(2,16(5)6)12(17)10-7-8-11(14-9-10)15(3)4/h7-9,12,17H,1-6H3. The van der Waals surface area contributed by atoms with Crippen molar-refractivity contribution >= 4 is 5.82 Å². The van der Waals surface area contributed by atoms with Crippen molar-refractivity contribution in [1.29, 1.82) is 0 Å². The summed E-state index contributed by atoms with van der Waals surface area (Å²) in [4.78, 5) is 8.27. The van der Waals surface area contributed by atoms with Crippen LogP contribution in [-0.2, 0) is 0 Å². The van der Waals surface area contributed by atoms with Gasteiger partial charge in [0, 0.05) is 31.4 Å². The van der Waals surface area contributed by atoms with E-state index in [-0.39, 0.29) is 5.54 Å². The second-order valence-electron chi connectivity index (χ2n) is 5.29. The largest absolute Gasteiger partial charge is 0.386 e. The summed E-state index contributed by atoms with van der Waals surface area (Å²) >= 11 is 0. The molecule has 1 heterocycles. The smallest absolute Gasteiger partial charge is 0.127 e. The highest BCUT2D eigenvalue weighted by molar-refractivity contribution is 5.38. The molecule has 1 aromatic heterocycles. The van der Waals surface area contributed by atoms with Crippen molar-refractivity contribution in [3.8, 4) is 0 Å². The summed E-state index contributed by atoms with van der Waals surface area (Å²) in [6, 6.07) is 3.85. The fourth-order valence-corrected chi connectivity index (χ4v) is 1.48. The highest BCUT2D eigenvalue weighted by atomic mass is 16.3. The molecule has 0 aliphatic carbocycles. The van der Waals surface area contributed by atoms with Gasteiger partial charge in [-0.1, -0.05) is 6.07 Å². The van der Waals surface area contributed by atoms with Crippen LogP contribution >= 0.6 is 0 Å². The highest BCUT2D eigenvalue weighted by Crippen LogP contribution is 2.29. The van der Waals surface area contributed by atoms with Crippen molar-refractivity contribution in [2.75, 3.05) is 33.1 Å². The SMILES string of the molecule is CN(C)c1ccc(C(O)C(C)(C)N(C)C)cn1. The lowest BCUT2D eigenvalue weighted by Crippen LogP contribution is -2.43. The summed E-state index contributed by atoms with van der Waals surface area (Å²) in [7, 11) is 7.82. The first kappa shape index (κ1) is 13.9. The van der Waals surface area contributed by atoms with Crippen LogP contribution in [0.4, 0.5) is 5.82 Å². The first-order valence-corrected chi connectivity index (χ1v) is 5.75. The van der Waals surface area contributed by atoms with Crippen LogP contribution in [0.1, 0.15) is 25.5 Å². The maximum absolute atomic E-state index is 10.4. The Balaban J connectivity index is 2.94. The molecule has 1 aromatic rings. The molecule has 1 N–H and O–H groups in total. The highest BCUT2D eigenvalue weighted by Gasteiger charge is 2.31. The van der Waals surface area contributed by atoms with Gasteiger partial charge in [0.2, 0.25) is 0 Å². The average Bonchev–Trinajstić information content (AvgIpc) is 2.27. The Bertz CT molecular complexity index is 357. The molecule has 0 saturated carbocycles. The van der Waals surface area contributed by atoms with E-state index in [1.165, 1.54) is 0 Å². The number of rotatable bonds is 4. The Morgan fingerprint density at radius 1 is 1.18 bits per heavy atom. The molecule has 4 heteroatoms. The summed E-state index contributed by atoms with van der Waals surface area (Å²) in [6.07, 6.45) is 1.19. The number of nitrogens with zero attached hydrogens (tertiary/aromatic N) is 3. The van der Waals surface area contributed by atoms with Gasteiger partial charge in [0.1, 0.15) is 5.82 Å². The Morgan fingerprint density at radius 2 is 1.76 bits per heavy atom. The van der Waals surface area contributed by atoms with E-state index < -0.39 is 6.10 Å². The van der Waals surface area contributed by atoms with E-state index in [4.69, 9.17) is 0 Å². The van der Waals surface area contributed by atoms with Gasteiger partial charge in [0.15, 0.2) is 0 Å². The Hall–Kier alpha value is -1.13. The minimum Gasteiger partial charge on any atom is -0.386 e. The van der Waals surface area contributed by atoms with Gasteiger partial charge in [-0.05, 0) is 34.0 Å². The van der Waals surface area contributed by atoms with Crippen LogP contribution in [0.2, 0.25) is 0 Å². The first-order valence-electron chi connectivity index (χ1n) is 5.75. The Kier molecular flexibility index (Phi) is 4.11. The molecule has 0 amide bonds. The lowest BCUT2D eigenvalue weighted by Gasteiger charge is -2.37. The zero-order valence-corrected chi connectivity index (χ0v) is 11.6. The summed E-state index contributed by atoms with van der Waals surface area (Å²) < 4.78 is 0. The zero-order valence-electron chi connectivity index (χ0n) is 11.6. The molecular formula is C13H23N3O. The number of aliphatic hydroxyl groups excluding tert-OH is 1. The molecule has 1 rings (SSSR count). The topological polar surface area (TPSA) is 39.6 Å². The molecule has 0 bridgehead atoms. The lowest BCUT2D eigenvalue weighted by molar-refractivity contribution is 0.0162. The fraction of sp³-hybridized carbons (Fsp3) is 0.615. The third-order valence-electron chi connectivity index (χ3n) is 3.37. The summed E-state index contributed by atoms with van der Waals surface area (Å²) in [6.45, 7) is 4.02. The van der Waals surface area contributed by atoms with E-state index in [1.807, 2.05) is 64.0 Å². The van der Waals surface area contributed by atoms with Crippen molar-refractivity contribution in [1.82, 2.24) is 9.88 Å². The maximum atomic E-state index is 10.4. The molecule has 1 unspecified atom stereocenters. The molecule has 1 atom stereocenters. The van der Waals surface area contributed by atoms with E-state index in [0.717, 1.165) is 11.4 Å². The van der Waals surface area contributed by atoms with E-state index in [0.29, 0.717) is 0 Å². The molecule has 4 nitrogen and oxygen atoms in total. The van der Waals surface area contributed by atoms with Gasteiger partial charge in [0.25, 0.3) is 0 Å². The molecule has 0 aliphatic rings. The fourth-order valence-electron chi connectivity index (χ4n) is 1.48. The van der Waals surface area contributed by atoms with Gasteiger partial charge in [-0.2, -0.15) is 0 Å². The Labute approximate surface area is 104 Å². The van der Waals surface area contributed by atoms with Crippen molar-refractivity contribution < 1.29 is 5.11 Å². The first-order chi connectivity index (χ1) is 7.76. The van der Waals surface area contributed by atoms with Crippen LogP contribution in [0.15, 0.2) is 18.3 Å². The zero-order chi connectivity index (χ0) is 13.2. The third-order valence-corrected chi connectivity index (χ3v) is 3.37. The predicted octanol–water partition coefficient (Wildman–Crippen LogP) is 1.52. The predicted molar refractivity (Wildman–Crippen MR) is 71.3 cm³/mol. The molecule has 0 saturated heterocycles. The molecule has 0 fully saturated rings. The van der Waals surface area contributed by atoms with E-state index >= 15 is 0 Å². The Morgan fingerprint density at radius 3 is 2.12 bits per heavy atom. The van der Waals surface area contributed by atoms with Crippen LogP contribution in [-0.4, -0.2) is 48.7 Å². The molecule has 0 aromatic carbocycles. The van der Waals surface area contributed by atoms with Gasteiger partial charge in [-0.25, -0.2) is 4.98 Å². The number of anilines is 1. The van der Waals surface area contributed by atoms with Gasteiger partial charge >= 0.3 is 0 Å². The number of hydrogen-bond acceptors (Lipinski definition) is 4. The van der Waals surface area contributed by atoms with Crippen molar-refractivity contribution in [3.05, 3.63) is 23.9 Å². The maximum Gasteiger partial charge on any atom is 0.127 e. The van der Waals surface area contributed by atoms with Crippen LogP contribution < -0.4 is 4.90 Å². The lowest BCUT2D eigenvalue weighted by atomic mass is 9.91. The van der Waals surface area contributed by atoms with Crippen molar-refractivity contribution in [2.24, 2.45) is 0 Å². The number of likely N-dealkylation sites (N-methyl/N-ethyl adjacent to an activating group) is 1. The molecule has 0 spiro atoms. The average molecular weight is 237 g/mol. The van der Waals surface area contributed by atoms with Crippen molar-refractivity contribution in [3.63, 3.8) is 0 Å². The number of aromatic nitrogens is 1. The van der Waals surface area contributed by atoms with Crippen molar-refractivity contribution in [2.45, 2.75) is 25.5 Å². The van der Waals surface area contributed by atoms with E-state index in [2.05, 4.69) is 4.98 Å². The molecular weight excluding hydrogens is 214 g/mol. The van der Waals surface area contributed by atoms with Gasteiger partial charge in [-0.3, -0.25) is 0 Å². The monoisotopic (exact) mass is 237 g/mol. The quantitative estimate of drug-likeness (QED) is 0.862. The number of hydrogen-bond donors (Lipinski definition) is 1.